The first kappa shape index (κ1) is 14.3. The van der Waals surface area contributed by atoms with Gasteiger partial charge in [-0.2, -0.15) is 0 Å². The first-order valence-electron chi connectivity index (χ1n) is 6.57. The molecule has 20 heavy (non-hydrogen) atoms. The van der Waals surface area contributed by atoms with Crippen molar-refractivity contribution < 1.29 is 14.0 Å². The molecule has 0 aliphatic carbocycles. The van der Waals surface area contributed by atoms with E-state index in [-0.39, 0.29) is 24.8 Å². The second-order valence-corrected chi connectivity index (χ2v) is 4.70. The molecular weight excluding hydrogens is 256 g/mol. The maximum Gasteiger partial charge on any atom is 0.234 e. The monoisotopic (exact) mass is 274 g/mol. The lowest BCUT2D eigenvalue weighted by Crippen LogP contribution is -2.37. The van der Waals surface area contributed by atoms with Crippen LogP contribution in [-0.4, -0.2) is 43.3 Å². The number of rotatable bonds is 6. The second-order valence-electron chi connectivity index (χ2n) is 4.70. The molecule has 0 radical (unpaired) electrons. The van der Waals surface area contributed by atoms with Crippen molar-refractivity contribution in [3.05, 3.63) is 36.1 Å². The standard InChI is InChI=1S/C15H18N2O3/c1-3-16-15(19)10-17(2)9-12(18)14-8-11-6-4-5-7-13(11)20-14/h4-8H,3,9-10H2,1-2H3,(H,16,19). The molecule has 1 N–H and O–H groups in total. The van der Waals surface area contributed by atoms with Crippen molar-refractivity contribution in [1.29, 1.82) is 0 Å². The van der Waals surface area contributed by atoms with Gasteiger partial charge in [0.1, 0.15) is 5.58 Å². The van der Waals surface area contributed by atoms with Gasteiger partial charge in [0.15, 0.2) is 5.76 Å². The van der Waals surface area contributed by atoms with Gasteiger partial charge in [0.2, 0.25) is 11.7 Å². The molecule has 0 unspecified atom stereocenters. The Balaban J connectivity index is 1.99. The number of hydrogen-bond acceptors (Lipinski definition) is 4. The highest BCUT2D eigenvalue weighted by Crippen LogP contribution is 2.19. The number of para-hydroxylation sites is 1. The van der Waals surface area contributed by atoms with Crippen LogP contribution in [0.15, 0.2) is 34.7 Å². The van der Waals surface area contributed by atoms with E-state index in [4.69, 9.17) is 4.42 Å². The second kappa shape index (κ2) is 6.34. The van der Waals surface area contributed by atoms with Crippen LogP contribution >= 0.6 is 0 Å². The van der Waals surface area contributed by atoms with Gasteiger partial charge in [-0.25, -0.2) is 0 Å². The molecule has 1 heterocycles. The van der Waals surface area contributed by atoms with Crippen LogP contribution in [-0.2, 0) is 4.79 Å². The number of furan rings is 1. The maximum absolute atomic E-state index is 12.1. The van der Waals surface area contributed by atoms with Crippen molar-refractivity contribution in [2.75, 3.05) is 26.7 Å². The van der Waals surface area contributed by atoms with Crippen LogP contribution in [0.5, 0.6) is 0 Å². The minimum Gasteiger partial charge on any atom is -0.453 e. The first-order chi connectivity index (χ1) is 9.60. The van der Waals surface area contributed by atoms with Crippen molar-refractivity contribution in [2.45, 2.75) is 6.92 Å². The van der Waals surface area contributed by atoms with E-state index in [9.17, 15) is 9.59 Å². The van der Waals surface area contributed by atoms with Crippen LogP contribution in [0.2, 0.25) is 0 Å². The number of ketones is 1. The lowest BCUT2D eigenvalue weighted by molar-refractivity contribution is -0.121. The third-order valence-electron chi connectivity index (χ3n) is 2.90. The number of fused-ring (bicyclic) bond motifs is 1. The van der Waals surface area contributed by atoms with Gasteiger partial charge in [0.05, 0.1) is 13.1 Å². The number of likely N-dealkylation sites (N-methyl/N-ethyl adjacent to an activating group) is 2. The van der Waals surface area contributed by atoms with Gasteiger partial charge in [-0.15, -0.1) is 0 Å². The van der Waals surface area contributed by atoms with Crippen LogP contribution in [0.25, 0.3) is 11.0 Å². The fourth-order valence-electron chi connectivity index (χ4n) is 2.00. The van der Waals surface area contributed by atoms with Crippen molar-refractivity contribution in [2.24, 2.45) is 0 Å². The molecule has 1 aromatic heterocycles. The van der Waals surface area contributed by atoms with Gasteiger partial charge in [-0.3, -0.25) is 14.5 Å². The molecule has 5 heteroatoms. The molecule has 5 nitrogen and oxygen atoms in total. The Kier molecular flexibility index (Phi) is 4.53. The van der Waals surface area contributed by atoms with Crippen LogP contribution in [0.3, 0.4) is 0 Å². The lowest BCUT2D eigenvalue weighted by Gasteiger charge is -2.14. The molecule has 2 rings (SSSR count). The zero-order valence-corrected chi connectivity index (χ0v) is 11.7. The molecule has 0 saturated carbocycles. The molecule has 0 spiro atoms. The average molecular weight is 274 g/mol. The number of amides is 1. The minimum atomic E-state index is -0.131. The third kappa shape index (κ3) is 3.45. The van der Waals surface area contributed by atoms with Crippen molar-refractivity contribution >= 4 is 22.7 Å². The summed E-state index contributed by atoms with van der Waals surface area (Å²) in [4.78, 5) is 25.2. The lowest BCUT2D eigenvalue weighted by atomic mass is 10.2. The zero-order chi connectivity index (χ0) is 14.5. The van der Waals surface area contributed by atoms with Crippen LogP contribution < -0.4 is 5.32 Å². The van der Waals surface area contributed by atoms with Crippen molar-refractivity contribution in [1.82, 2.24) is 10.2 Å². The highest BCUT2D eigenvalue weighted by atomic mass is 16.3. The molecular formula is C15H18N2O3. The van der Waals surface area contributed by atoms with Gasteiger partial charge < -0.3 is 9.73 Å². The molecule has 0 bridgehead atoms. The number of nitrogens with one attached hydrogen (secondary N) is 1. The summed E-state index contributed by atoms with van der Waals surface area (Å²) in [7, 11) is 1.73. The Morgan fingerprint density at radius 3 is 2.70 bits per heavy atom. The Bertz CT molecular complexity index is 585. The van der Waals surface area contributed by atoms with Crippen LogP contribution in [0.4, 0.5) is 0 Å². The quantitative estimate of drug-likeness (QED) is 0.814. The third-order valence-corrected chi connectivity index (χ3v) is 2.90. The smallest absolute Gasteiger partial charge is 0.234 e. The van der Waals surface area contributed by atoms with E-state index < -0.39 is 0 Å². The summed E-state index contributed by atoms with van der Waals surface area (Å²) >= 11 is 0. The number of carbonyl (C=O) groups excluding carboxylic acids is 2. The van der Waals surface area contributed by atoms with Gasteiger partial charge in [0.25, 0.3) is 0 Å². The fourth-order valence-corrected chi connectivity index (χ4v) is 2.00. The number of nitrogens with zero attached hydrogens (tertiary/aromatic N) is 1. The molecule has 2 aromatic rings. The predicted octanol–water partition coefficient (Wildman–Crippen LogP) is 1.68. The summed E-state index contributed by atoms with van der Waals surface area (Å²) in [5.41, 5.74) is 0.697. The van der Waals surface area contributed by atoms with Crippen molar-refractivity contribution in [3.63, 3.8) is 0 Å². The molecule has 0 fully saturated rings. The Labute approximate surface area is 117 Å². The Morgan fingerprint density at radius 2 is 2.00 bits per heavy atom. The van der Waals surface area contributed by atoms with Gasteiger partial charge in [-0.1, -0.05) is 18.2 Å². The topological polar surface area (TPSA) is 62.6 Å². The molecule has 0 atom stereocenters. The number of carbonyl (C=O) groups is 2. The fraction of sp³-hybridized carbons (Fsp3) is 0.333. The van der Waals surface area contributed by atoms with E-state index in [1.165, 1.54) is 0 Å². The SMILES string of the molecule is CCNC(=O)CN(C)CC(=O)c1cc2ccccc2o1. The number of hydrogen-bond donors (Lipinski definition) is 1. The van der Waals surface area contributed by atoms with E-state index >= 15 is 0 Å². The Hall–Kier alpha value is -2.14. The van der Waals surface area contributed by atoms with E-state index in [1.807, 2.05) is 31.2 Å². The van der Waals surface area contributed by atoms with Gasteiger partial charge in [-0.05, 0) is 26.1 Å². The number of benzene rings is 1. The molecule has 1 amide bonds. The molecule has 0 saturated heterocycles. The summed E-state index contributed by atoms with van der Waals surface area (Å²) in [6.07, 6.45) is 0. The zero-order valence-electron chi connectivity index (χ0n) is 11.7. The molecule has 0 aliphatic rings. The largest absolute Gasteiger partial charge is 0.453 e. The van der Waals surface area contributed by atoms with E-state index in [0.717, 1.165) is 5.39 Å². The highest BCUT2D eigenvalue weighted by Gasteiger charge is 2.15. The summed E-state index contributed by atoms with van der Waals surface area (Å²) < 4.78 is 5.51. The van der Waals surface area contributed by atoms with E-state index in [0.29, 0.717) is 17.9 Å². The van der Waals surface area contributed by atoms with Crippen LogP contribution in [0.1, 0.15) is 17.5 Å². The van der Waals surface area contributed by atoms with Gasteiger partial charge in [0, 0.05) is 11.9 Å². The van der Waals surface area contributed by atoms with E-state index in [1.54, 1.807) is 18.0 Å². The normalized spacial score (nSPS) is 10.9. The maximum atomic E-state index is 12.1. The van der Waals surface area contributed by atoms with Crippen LogP contribution in [0, 0.1) is 0 Å². The molecule has 0 aliphatic heterocycles. The average Bonchev–Trinajstić information content (AvgIpc) is 2.82. The molecule has 106 valence electrons. The van der Waals surface area contributed by atoms with Gasteiger partial charge >= 0.3 is 0 Å². The molecule has 1 aromatic carbocycles. The summed E-state index contributed by atoms with van der Waals surface area (Å²) in [5.74, 6) is 0.106. The first-order valence-corrected chi connectivity index (χ1v) is 6.57. The van der Waals surface area contributed by atoms with Crippen molar-refractivity contribution in [3.8, 4) is 0 Å². The predicted molar refractivity (Wildman–Crippen MR) is 76.7 cm³/mol. The van der Waals surface area contributed by atoms with E-state index in [2.05, 4.69) is 5.32 Å². The minimum absolute atomic E-state index is 0.0904. The Morgan fingerprint density at radius 1 is 1.25 bits per heavy atom. The summed E-state index contributed by atoms with van der Waals surface area (Å²) in [6.45, 7) is 2.79. The summed E-state index contributed by atoms with van der Waals surface area (Å²) in [5, 5.41) is 3.60. The highest BCUT2D eigenvalue weighted by molar-refractivity contribution is 5.99. The number of Topliss-reactive ketones (excluding diaryl/α,β-unsaturated/α-hetero) is 1. The summed E-state index contributed by atoms with van der Waals surface area (Å²) in [6, 6.07) is 9.21.